The molecule has 0 aliphatic heterocycles. The Morgan fingerprint density at radius 2 is 2.15 bits per heavy atom. The normalized spacial score (nSPS) is 12.8. The third kappa shape index (κ3) is 5.10. The molecule has 0 aliphatic carbocycles. The van der Waals surface area contributed by atoms with Crippen LogP contribution in [0.25, 0.3) is 11.6 Å². The van der Waals surface area contributed by atoms with Gasteiger partial charge in [0.15, 0.2) is 11.7 Å². The number of rotatable bonds is 7. The van der Waals surface area contributed by atoms with Crippen LogP contribution in [0.5, 0.6) is 0 Å². The van der Waals surface area contributed by atoms with E-state index >= 15 is 0 Å². The number of benzene rings is 1. The maximum absolute atomic E-state index is 6.28. The summed E-state index contributed by atoms with van der Waals surface area (Å²) in [7, 11) is 0. The summed E-state index contributed by atoms with van der Waals surface area (Å²) in [5.41, 5.74) is 1.03. The van der Waals surface area contributed by atoms with E-state index in [9.17, 15) is 0 Å². The molecule has 27 heavy (non-hydrogen) atoms. The van der Waals surface area contributed by atoms with Crippen molar-refractivity contribution in [3.8, 4) is 11.6 Å². The van der Waals surface area contributed by atoms with Gasteiger partial charge in [-0.05, 0) is 37.6 Å². The average Bonchev–Trinajstić information content (AvgIpc) is 3.34. The maximum atomic E-state index is 6.28. The largest absolute Gasteiger partial charge is 0.461 e. The van der Waals surface area contributed by atoms with Gasteiger partial charge in [0.05, 0.1) is 12.3 Å². The van der Waals surface area contributed by atoms with E-state index in [0.717, 1.165) is 28.9 Å². The summed E-state index contributed by atoms with van der Waals surface area (Å²) >= 11 is 6.28. The minimum Gasteiger partial charge on any atom is -0.461 e. The van der Waals surface area contributed by atoms with Crippen molar-refractivity contribution in [1.82, 2.24) is 25.8 Å². The van der Waals surface area contributed by atoms with Crippen molar-refractivity contribution in [2.24, 2.45) is 4.99 Å². The number of aromatic nitrogens is 3. The monoisotopic (exact) mass is 386 g/mol. The lowest BCUT2D eigenvalue weighted by Gasteiger charge is -2.19. The highest BCUT2D eigenvalue weighted by Gasteiger charge is 2.11. The molecule has 1 atom stereocenters. The summed E-state index contributed by atoms with van der Waals surface area (Å²) in [6.07, 6.45) is 2.24. The lowest BCUT2D eigenvalue weighted by atomic mass is 10.1. The standard InChI is InChI=1S/C19H23ClN6O/c1-3-21-19(23-13(2)14-7-4-5-8-15(14)20)22-11-10-17-24-18(26-25-17)16-9-6-12-27-16/h4-9,12-13H,3,10-11H2,1-2H3,(H2,21,22,23)(H,24,25,26). The minimum atomic E-state index is 0.0346. The first-order valence-corrected chi connectivity index (χ1v) is 9.29. The van der Waals surface area contributed by atoms with E-state index in [1.54, 1.807) is 6.26 Å². The molecule has 3 N–H and O–H groups in total. The summed E-state index contributed by atoms with van der Waals surface area (Å²) in [6, 6.07) is 11.5. The van der Waals surface area contributed by atoms with E-state index in [-0.39, 0.29) is 6.04 Å². The Hall–Kier alpha value is -2.80. The average molecular weight is 387 g/mol. The molecule has 142 valence electrons. The number of H-pyrrole nitrogens is 1. The van der Waals surface area contributed by atoms with Gasteiger partial charge in [0, 0.05) is 24.5 Å². The Balaban J connectivity index is 1.60. The molecule has 0 saturated carbocycles. The molecule has 0 aliphatic rings. The Kier molecular flexibility index (Phi) is 6.49. The SMILES string of the molecule is CCNC(=NCCc1nc(-c2ccco2)n[nH]1)NC(C)c1ccccc1Cl. The van der Waals surface area contributed by atoms with E-state index in [4.69, 9.17) is 16.0 Å². The third-order valence-corrected chi connectivity index (χ3v) is 4.31. The van der Waals surface area contributed by atoms with Crippen LogP contribution in [0.4, 0.5) is 0 Å². The topological polar surface area (TPSA) is 91.1 Å². The Bertz CT molecular complexity index is 874. The highest BCUT2D eigenvalue weighted by atomic mass is 35.5. The molecule has 1 unspecified atom stereocenters. The van der Waals surface area contributed by atoms with Crippen LogP contribution >= 0.6 is 11.6 Å². The van der Waals surface area contributed by atoms with E-state index in [1.807, 2.05) is 43.3 Å². The maximum Gasteiger partial charge on any atom is 0.216 e. The van der Waals surface area contributed by atoms with Gasteiger partial charge in [-0.3, -0.25) is 10.1 Å². The number of aliphatic imine (C=N–C) groups is 1. The predicted octanol–water partition coefficient (Wildman–Crippen LogP) is 3.58. The van der Waals surface area contributed by atoms with Crippen molar-refractivity contribution >= 4 is 17.6 Å². The molecule has 8 heteroatoms. The van der Waals surface area contributed by atoms with Crippen LogP contribution in [-0.4, -0.2) is 34.2 Å². The highest BCUT2D eigenvalue weighted by Crippen LogP contribution is 2.22. The Morgan fingerprint density at radius 1 is 1.30 bits per heavy atom. The smallest absolute Gasteiger partial charge is 0.216 e. The van der Waals surface area contributed by atoms with Gasteiger partial charge in [-0.25, -0.2) is 4.98 Å². The molecular formula is C19H23ClN6O. The fraction of sp³-hybridized carbons (Fsp3) is 0.316. The molecule has 0 radical (unpaired) electrons. The van der Waals surface area contributed by atoms with Crippen molar-refractivity contribution < 1.29 is 4.42 Å². The number of nitrogens with one attached hydrogen (secondary N) is 3. The molecule has 7 nitrogen and oxygen atoms in total. The van der Waals surface area contributed by atoms with E-state index < -0.39 is 0 Å². The number of furan rings is 1. The zero-order valence-corrected chi connectivity index (χ0v) is 16.1. The van der Waals surface area contributed by atoms with Crippen LogP contribution in [0.2, 0.25) is 5.02 Å². The Labute approximate surface area is 163 Å². The van der Waals surface area contributed by atoms with Gasteiger partial charge in [0.25, 0.3) is 0 Å². The molecule has 0 fully saturated rings. The summed E-state index contributed by atoms with van der Waals surface area (Å²) in [5.74, 6) is 2.69. The summed E-state index contributed by atoms with van der Waals surface area (Å²) < 4.78 is 5.30. The quantitative estimate of drug-likeness (QED) is 0.426. The first-order chi connectivity index (χ1) is 13.2. The fourth-order valence-corrected chi connectivity index (χ4v) is 2.93. The molecule has 1 aromatic carbocycles. The zero-order valence-electron chi connectivity index (χ0n) is 15.4. The van der Waals surface area contributed by atoms with Crippen LogP contribution < -0.4 is 10.6 Å². The molecule has 0 amide bonds. The first kappa shape index (κ1) is 19.0. The van der Waals surface area contributed by atoms with Crippen LogP contribution in [0, 0.1) is 0 Å². The number of hydrogen-bond acceptors (Lipinski definition) is 4. The van der Waals surface area contributed by atoms with E-state index in [0.29, 0.717) is 24.6 Å². The number of guanidine groups is 1. The summed E-state index contributed by atoms with van der Waals surface area (Å²) in [6.45, 7) is 5.42. The fourth-order valence-electron chi connectivity index (χ4n) is 2.63. The van der Waals surface area contributed by atoms with Crippen molar-refractivity contribution in [2.45, 2.75) is 26.3 Å². The van der Waals surface area contributed by atoms with Crippen molar-refractivity contribution in [1.29, 1.82) is 0 Å². The second kappa shape index (κ2) is 9.23. The van der Waals surface area contributed by atoms with Gasteiger partial charge < -0.3 is 15.1 Å². The molecule has 2 heterocycles. The van der Waals surface area contributed by atoms with E-state index in [1.165, 1.54) is 0 Å². The first-order valence-electron chi connectivity index (χ1n) is 8.91. The van der Waals surface area contributed by atoms with Crippen molar-refractivity contribution in [3.63, 3.8) is 0 Å². The van der Waals surface area contributed by atoms with Crippen LogP contribution in [0.3, 0.4) is 0 Å². The van der Waals surface area contributed by atoms with Crippen LogP contribution in [0.15, 0.2) is 52.1 Å². The predicted molar refractivity (Wildman–Crippen MR) is 107 cm³/mol. The highest BCUT2D eigenvalue weighted by molar-refractivity contribution is 6.31. The molecule has 0 spiro atoms. The lowest BCUT2D eigenvalue weighted by molar-refractivity contribution is 0.577. The molecular weight excluding hydrogens is 364 g/mol. The molecule has 3 rings (SSSR count). The summed E-state index contributed by atoms with van der Waals surface area (Å²) in [4.78, 5) is 9.04. The van der Waals surface area contributed by atoms with Crippen LogP contribution in [0.1, 0.15) is 31.3 Å². The number of halogens is 1. The minimum absolute atomic E-state index is 0.0346. The van der Waals surface area contributed by atoms with Crippen molar-refractivity contribution in [3.05, 3.63) is 59.1 Å². The third-order valence-electron chi connectivity index (χ3n) is 3.96. The van der Waals surface area contributed by atoms with Gasteiger partial charge in [-0.1, -0.05) is 29.8 Å². The molecule has 2 aromatic heterocycles. The number of hydrogen-bond donors (Lipinski definition) is 3. The zero-order chi connectivity index (χ0) is 19.1. The Morgan fingerprint density at radius 3 is 2.89 bits per heavy atom. The van der Waals surface area contributed by atoms with E-state index in [2.05, 4.69) is 37.7 Å². The second-order valence-corrected chi connectivity index (χ2v) is 6.39. The molecule has 0 saturated heterocycles. The second-order valence-electron chi connectivity index (χ2n) is 5.98. The van der Waals surface area contributed by atoms with Gasteiger partial charge in [-0.2, -0.15) is 5.10 Å². The van der Waals surface area contributed by atoms with Gasteiger partial charge in [0.2, 0.25) is 5.82 Å². The summed E-state index contributed by atoms with van der Waals surface area (Å²) in [5, 5.41) is 14.5. The van der Waals surface area contributed by atoms with Gasteiger partial charge in [-0.15, -0.1) is 0 Å². The molecule has 0 bridgehead atoms. The van der Waals surface area contributed by atoms with Crippen molar-refractivity contribution in [2.75, 3.05) is 13.1 Å². The van der Waals surface area contributed by atoms with Gasteiger partial charge in [0.1, 0.15) is 5.82 Å². The van der Waals surface area contributed by atoms with Crippen LogP contribution in [-0.2, 0) is 6.42 Å². The molecule has 3 aromatic rings. The van der Waals surface area contributed by atoms with Gasteiger partial charge >= 0.3 is 0 Å². The number of aromatic amines is 1. The lowest BCUT2D eigenvalue weighted by Crippen LogP contribution is -2.39. The number of nitrogens with zero attached hydrogens (tertiary/aromatic N) is 3.